The SMILES string of the molecule is Cc1cc(Nc2cc(Oc3ccc(NC(=O)c4cn(C(C)C)c(=O)n(-c5ccc(F)cc5)c4=O)cc3F)ccn2)ncc1S(=O)(=O)N(C)C. The summed E-state index contributed by atoms with van der Waals surface area (Å²) in [5, 5.41) is 5.43. The Morgan fingerprint density at radius 1 is 0.959 bits per heavy atom. The van der Waals surface area contributed by atoms with Crippen LogP contribution in [0.1, 0.15) is 35.8 Å². The van der Waals surface area contributed by atoms with Crippen molar-refractivity contribution in [1.82, 2.24) is 23.4 Å². The summed E-state index contributed by atoms with van der Waals surface area (Å²) >= 11 is 0. The van der Waals surface area contributed by atoms with Gasteiger partial charge in [0.15, 0.2) is 11.6 Å². The van der Waals surface area contributed by atoms with Gasteiger partial charge in [-0.3, -0.25) is 14.2 Å². The van der Waals surface area contributed by atoms with E-state index in [1.165, 1.54) is 67.5 Å². The lowest BCUT2D eigenvalue weighted by Crippen LogP contribution is -2.42. The van der Waals surface area contributed by atoms with Crippen LogP contribution in [0.15, 0.2) is 93.7 Å². The van der Waals surface area contributed by atoms with Crippen molar-refractivity contribution >= 4 is 33.3 Å². The number of nitrogens with one attached hydrogen (secondary N) is 2. The van der Waals surface area contributed by atoms with E-state index in [-0.39, 0.29) is 33.6 Å². The molecule has 0 saturated carbocycles. The van der Waals surface area contributed by atoms with E-state index in [0.717, 1.165) is 33.3 Å². The molecule has 0 radical (unpaired) electrons. The summed E-state index contributed by atoms with van der Waals surface area (Å²) in [6.07, 6.45) is 3.78. The van der Waals surface area contributed by atoms with Crippen LogP contribution in [0.4, 0.5) is 26.1 Å². The van der Waals surface area contributed by atoms with Gasteiger partial charge in [0, 0.05) is 56.5 Å². The van der Waals surface area contributed by atoms with Gasteiger partial charge < -0.3 is 15.4 Å². The van der Waals surface area contributed by atoms with E-state index in [1.807, 2.05) is 0 Å². The first-order chi connectivity index (χ1) is 23.1. The summed E-state index contributed by atoms with van der Waals surface area (Å²) in [4.78, 5) is 48.1. The number of halogens is 2. The normalized spacial score (nSPS) is 11.5. The number of aromatic nitrogens is 4. The average molecular weight is 692 g/mol. The van der Waals surface area contributed by atoms with Crippen LogP contribution in [-0.4, -0.2) is 51.8 Å². The van der Waals surface area contributed by atoms with Crippen molar-refractivity contribution in [2.45, 2.75) is 31.7 Å². The quantitative estimate of drug-likeness (QED) is 0.206. The van der Waals surface area contributed by atoms with Gasteiger partial charge in [0.2, 0.25) is 10.0 Å². The van der Waals surface area contributed by atoms with Crippen molar-refractivity contribution < 1.29 is 26.7 Å². The lowest BCUT2D eigenvalue weighted by Gasteiger charge is -2.16. The third kappa shape index (κ3) is 7.39. The van der Waals surface area contributed by atoms with Gasteiger partial charge in [-0.15, -0.1) is 0 Å². The Hall–Kier alpha value is -5.74. The summed E-state index contributed by atoms with van der Waals surface area (Å²) in [5.74, 6) is -1.69. The molecule has 0 saturated heterocycles. The van der Waals surface area contributed by atoms with Gasteiger partial charge >= 0.3 is 5.69 Å². The molecule has 1 amide bonds. The molecule has 0 spiro atoms. The fourth-order valence-corrected chi connectivity index (χ4v) is 5.70. The zero-order valence-corrected chi connectivity index (χ0v) is 27.7. The smallest absolute Gasteiger partial charge is 0.335 e. The number of nitrogens with zero attached hydrogens (tertiary/aromatic N) is 5. The van der Waals surface area contributed by atoms with Crippen LogP contribution in [0.25, 0.3) is 5.69 Å². The number of aryl methyl sites for hydroxylation is 1. The molecule has 13 nitrogen and oxygen atoms in total. The van der Waals surface area contributed by atoms with Gasteiger partial charge in [-0.1, -0.05) is 0 Å². The number of hydrogen-bond donors (Lipinski definition) is 2. The zero-order valence-electron chi connectivity index (χ0n) is 26.9. The highest BCUT2D eigenvalue weighted by molar-refractivity contribution is 7.89. The highest BCUT2D eigenvalue weighted by Gasteiger charge is 2.22. The Morgan fingerprint density at radius 2 is 1.65 bits per heavy atom. The topological polar surface area (TPSA) is 158 Å². The largest absolute Gasteiger partial charge is 0.454 e. The van der Waals surface area contributed by atoms with Gasteiger partial charge in [-0.2, -0.15) is 0 Å². The lowest BCUT2D eigenvalue weighted by molar-refractivity contribution is 0.102. The van der Waals surface area contributed by atoms with Crippen LogP contribution in [-0.2, 0) is 10.0 Å². The maximum atomic E-state index is 15.2. The first-order valence-corrected chi connectivity index (χ1v) is 16.1. The average Bonchev–Trinajstić information content (AvgIpc) is 3.03. The molecule has 0 unspecified atom stereocenters. The second-order valence-corrected chi connectivity index (χ2v) is 13.4. The van der Waals surface area contributed by atoms with E-state index in [4.69, 9.17) is 4.74 Å². The number of carbonyl (C=O) groups excluding carboxylic acids is 1. The highest BCUT2D eigenvalue weighted by atomic mass is 32.2. The molecule has 0 atom stereocenters. The second kappa shape index (κ2) is 13.8. The minimum Gasteiger partial charge on any atom is -0.454 e. The molecule has 0 aliphatic heterocycles. The second-order valence-electron chi connectivity index (χ2n) is 11.3. The Bertz CT molecular complexity index is 2290. The molecule has 16 heteroatoms. The van der Waals surface area contributed by atoms with Crippen molar-refractivity contribution in [1.29, 1.82) is 0 Å². The zero-order chi connectivity index (χ0) is 35.6. The fraction of sp³-hybridized carbons (Fsp3) is 0.182. The predicted molar refractivity (Wildman–Crippen MR) is 178 cm³/mol. The van der Waals surface area contributed by atoms with Gasteiger partial charge in [0.05, 0.1) is 5.69 Å². The molecule has 49 heavy (non-hydrogen) atoms. The molecule has 0 aliphatic rings. The van der Waals surface area contributed by atoms with Crippen LogP contribution < -0.4 is 26.6 Å². The summed E-state index contributed by atoms with van der Waals surface area (Å²) in [6.45, 7) is 5.02. The molecule has 0 aliphatic carbocycles. The predicted octanol–water partition coefficient (Wildman–Crippen LogP) is 5.00. The van der Waals surface area contributed by atoms with Crippen LogP contribution in [0.3, 0.4) is 0 Å². The fourth-order valence-electron chi connectivity index (χ4n) is 4.66. The number of amides is 1. The van der Waals surface area contributed by atoms with Gasteiger partial charge in [-0.25, -0.2) is 40.8 Å². The van der Waals surface area contributed by atoms with Crippen LogP contribution >= 0.6 is 0 Å². The molecule has 5 rings (SSSR count). The Balaban J connectivity index is 1.34. The van der Waals surface area contributed by atoms with E-state index < -0.39 is 50.4 Å². The Morgan fingerprint density at radius 3 is 2.29 bits per heavy atom. The maximum Gasteiger partial charge on any atom is 0.335 e. The molecule has 2 N–H and O–H groups in total. The highest BCUT2D eigenvalue weighted by Crippen LogP contribution is 2.29. The summed E-state index contributed by atoms with van der Waals surface area (Å²) in [5.41, 5.74) is -1.51. The Labute approximate surface area is 279 Å². The van der Waals surface area contributed by atoms with E-state index in [0.29, 0.717) is 11.4 Å². The molecule has 5 aromatic rings. The molecule has 254 valence electrons. The van der Waals surface area contributed by atoms with Gasteiger partial charge in [0.1, 0.15) is 33.7 Å². The van der Waals surface area contributed by atoms with Crippen molar-refractivity contribution in [3.63, 3.8) is 0 Å². The van der Waals surface area contributed by atoms with Gasteiger partial charge in [-0.05, 0) is 74.9 Å². The standard InChI is InChI=1S/C33H31F2N7O6S/c1-19(2)41-18-25(32(44)42(33(41)45)23-9-6-21(34)7-10-23)31(43)38-22-8-11-27(26(35)15-22)48-24-12-13-36-30(16-24)39-29-14-20(3)28(17-37-29)49(46,47)40(4)5/h6-19H,1-5H3,(H,38,43)(H,36,37,39). The van der Waals surface area contributed by atoms with Crippen molar-refractivity contribution in [3.8, 4) is 17.2 Å². The molecule has 0 bridgehead atoms. The number of hydrogen-bond acceptors (Lipinski definition) is 9. The monoisotopic (exact) mass is 691 g/mol. The third-order valence-electron chi connectivity index (χ3n) is 7.23. The van der Waals surface area contributed by atoms with Crippen molar-refractivity contribution in [2.24, 2.45) is 0 Å². The molecule has 0 fully saturated rings. The lowest BCUT2D eigenvalue weighted by atomic mass is 10.2. The minimum absolute atomic E-state index is 0.00290. The van der Waals surface area contributed by atoms with E-state index >= 15 is 4.39 Å². The first kappa shape index (κ1) is 34.6. The summed E-state index contributed by atoms with van der Waals surface area (Å²) in [6, 6.07) is 12.4. The third-order valence-corrected chi connectivity index (χ3v) is 9.17. The number of anilines is 3. The summed E-state index contributed by atoms with van der Waals surface area (Å²) < 4.78 is 62.4. The number of pyridine rings is 2. The van der Waals surface area contributed by atoms with Gasteiger partial charge in [0.25, 0.3) is 11.5 Å². The summed E-state index contributed by atoms with van der Waals surface area (Å²) in [7, 11) is -0.825. The van der Waals surface area contributed by atoms with Crippen LogP contribution in [0, 0.1) is 18.6 Å². The number of ether oxygens (including phenoxy) is 1. The van der Waals surface area contributed by atoms with E-state index in [1.54, 1.807) is 26.8 Å². The minimum atomic E-state index is -3.68. The van der Waals surface area contributed by atoms with Crippen LogP contribution in [0.5, 0.6) is 11.5 Å². The molecular weight excluding hydrogens is 660 g/mol. The first-order valence-electron chi connectivity index (χ1n) is 14.7. The number of carbonyl (C=O) groups is 1. The van der Waals surface area contributed by atoms with Crippen LogP contribution in [0.2, 0.25) is 0 Å². The molecular formula is C33H31F2N7O6S. The Kier molecular flexibility index (Phi) is 9.73. The number of sulfonamides is 1. The van der Waals surface area contributed by atoms with Crippen molar-refractivity contribution in [3.05, 3.63) is 123 Å². The molecule has 3 heterocycles. The number of benzene rings is 2. The maximum absolute atomic E-state index is 15.2. The van der Waals surface area contributed by atoms with Crippen molar-refractivity contribution in [2.75, 3.05) is 24.7 Å². The van der Waals surface area contributed by atoms with E-state index in [2.05, 4.69) is 20.6 Å². The molecule has 2 aromatic carbocycles. The molecule has 3 aromatic heterocycles. The number of rotatable bonds is 10. The van der Waals surface area contributed by atoms with E-state index in [9.17, 15) is 27.2 Å².